The molecule has 1 aromatic carbocycles. The topological polar surface area (TPSA) is 70.2 Å². The maximum absolute atomic E-state index is 11.9. The molecule has 0 unspecified atom stereocenters. The predicted octanol–water partition coefficient (Wildman–Crippen LogP) is 3.53. The van der Waals surface area contributed by atoms with E-state index in [0.717, 1.165) is 19.3 Å². The molecular formula is C18H29N3O2. The summed E-state index contributed by atoms with van der Waals surface area (Å²) in [6.45, 7) is 8.38. The first-order valence-corrected chi connectivity index (χ1v) is 8.25. The SMILES string of the molecule is CCCCCC(=O)Nc1cccc(NC(=O)CNC(C)(C)C)c1. The highest BCUT2D eigenvalue weighted by Crippen LogP contribution is 2.15. The molecule has 0 aliphatic carbocycles. The van der Waals surface area contributed by atoms with Gasteiger partial charge in [0.15, 0.2) is 0 Å². The number of hydrogen-bond donors (Lipinski definition) is 3. The molecule has 0 aromatic heterocycles. The maximum atomic E-state index is 11.9. The van der Waals surface area contributed by atoms with Gasteiger partial charge in [0.25, 0.3) is 0 Å². The molecule has 128 valence electrons. The Hall–Kier alpha value is -1.88. The summed E-state index contributed by atoms with van der Waals surface area (Å²) in [6, 6.07) is 7.21. The lowest BCUT2D eigenvalue weighted by Gasteiger charge is -2.20. The van der Waals surface area contributed by atoms with Crippen LogP contribution in [0.2, 0.25) is 0 Å². The van der Waals surface area contributed by atoms with Crippen molar-refractivity contribution < 1.29 is 9.59 Å². The highest BCUT2D eigenvalue weighted by atomic mass is 16.2. The van der Waals surface area contributed by atoms with Gasteiger partial charge in [-0.1, -0.05) is 25.8 Å². The molecule has 0 heterocycles. The molecule has 0 saturated heterocycles. The lowest BCUT2D eigenvalue weighted by atomic mass is 10.1. The summed E-state index contributed by atoms with van der Waals surface area (Å²) < 4.78 is 0. The van der Waals surface area contributed by atoms with E-state index in [4.69, 9.17) is 0 Å². The second-order valence-electron chi connectivity index (χ2n) is 6.74. The van der Waals surface area contributed by atoms with E-state index >= 15 is 0 Å². The Morgan fingerprint density at radius 2 is 1.61 bits per heavy atom. The van der Waals surface area contributed by atoms with Gasteiger partial charge in [-0.3, -0.25) is 9.59 Å². The molecular weight excluding hydrogens is 290 g/mol. The highest BCUT2D eigenvalue weighted by Gasteiger charge is 2.11. The van der Waals surface area contributed by atoms with Crippen LogP contribution in [0.5, 0.6) is 0 Å². The van der Waals surface area contributed by atoms with Gasteiger partial charge in [0.05, 0.1) is 6.54 Å². The van der Waals surface area contributed by atoms with Crippen LogP contribution >= 0.6 is 0 Å². The minimum Gasteiger partial charge on any atom is -0.326 e. The number of unbranched alkanes of at least 4 members (excludes halogenated alkanes) is 2. The smallest absolute Gasteiger partial charge is 0.238 e. The number of hydrogen-bond acceptors (Lipinski definition) is 3. The number of anilines is 2. The molecule has 3 N–H and O–H groups in total. The minimum absolute atomic E-state index is 0.0105. The lowest BCUT2D eigenvalue weighted by Crippen LogP contribution is -2.41. The first kappa shape index (κ1) is 19.2. The van der Waals surface area contributed by atoms with Crippen molar-refractivity contribution >= 4 is 23.2 Å². The Balaban J connectivity index is 2.49. The summed E-state index contributed by atoms with van der Waals surface area (Å²) in [7, 11) is 0. The molecule has 0 saturated carbocycles. The minimum atomic E-state index is -0.106. The van der Waals surface area contributed by atoms with E-state index in [-0.39, 0.29) is 23.9 Å². The third-order valence-corrected chi connectivity index (χ3v) is 3.22. The van der Waals surface area contributed by atoms with Gasteiger partial charge in [-0.2, -0.15) is 0 Å². The summed E-state index contributed by atoms with van der Waals surface area (Å²) in [6.07, 6.45) is 3.58. The first-order chi connectivity index (χ1) is 10.8. The van der Waals surface area contributed by atoms with Crippen LogP contribution in [0.3, 0.4) is 0 Å². The monoisotopic (exact) mass is 319 g/mol. The van der Waals surface area contributed by atoms with Gasteiger partial charge < -0.3 is 16.0 Å². The van der Waals surface area contributed by atoms with Crippen molar-refractivity contribution in [2.75, 3.05) is 17.2 Å². The average Bonchev–Trinajstić information content (AvgIpc) is 2.45. The van der Waals surface area contributed by atoms with Gasteiger partial charge in [0.1, 0.15) is 0 Å². The standard InChI is InChI=1S/C18H29N3O2/c1-5-6-7-11-16(22)20-14-9-8-10-15(12-14)21-17(23)13-19-18(2,3)4/h8-10,12,19H,5-7,11,13H2,1-4H3,(H,20,22)(H,21,23). The normalized spacial score (nSPS) is 11.1. The van der Waals surface area contributed by atoms with Crippen molar-refractivity contribution in [3.63, 3.8) is 0 Å². The van der Waals surface area contributed by atoms with Crippen LogP contribution in [0.25, 0.3) is 0 Å². The zero-order valence-corrected chi connectivity index (χ0v) is 14.7. The molecule has 0 atom stereocenters. The molecule has 0 fully saturated rings. The van der Waals surface area contributed by atoms with Gasteiger partial charge in [-0.05, 0) is 45.4 Å². The van der Waals surface area contributed by atoms with Crippen LogP contribution < -0.4 is 16.0 Å². The van der Waals surface area contributed by atoms with E-state index < -0.39 is 0 Å². The molecule has 0 bridgehead atoms. The highest BCUT2D eigenvalue weighted by molar-refractivity contribution is 5.94. The van der Waals surface area contributed by atoms with Crippen LogP contribution in [-0.4, -0.2) is 23.9 Å². The quantitative estimate of drug-likeness (QED) is 0.642. The van der Waals surface area contributed by atoms with Gasteiger partial charge in [-0.25, -0.2) is 0 Å². The Morgan fingerprint density at radius 1 is 1.00 bits per heavy atom. The third-order valence-electron chi connectivity index (χ3n) is 3.22. The Kier molecular flexibility index (Phi) is 7.75. The number of nitrogens with one attached hydrogen (secondary N) is 3. The fourth-order valence-corrected chi connectivity index (χ4v) is 1.98. The van der Waals surface area contributed by atoms with Crippen LogP contribution in [0, 0.1) is 0 Å². The zero-order chi connectivity index (χ0) is 17.3. The molecule has 5 nitrogen and oxygen atoms in total. The van der Waals surface area contributed by atoms with E-state index in [1.165, 1.54) is 0 Å². The van der Waals surface area contributed by atoms with E-state index in [1.54, 1.807) is 6.07 Å². The molecule has 1 aromatic rings. The van der Waals surface area contributed by atoms with Gasteiger partial charge in [-0.15, -0.1) is 0 Å². The van der Waals surface area contributed by atoms with Crippen molar-refractivity contribution in [1.82, 2.24) is 5.32 Å². The van der Waals surface area contributed by atoms with Crippen molar-refractivity contribution in [2.24, 2.45) is 0 Å². The number of carbonyl (C=O) groups excluding carboxylic acids is 2. The summed E-state index contributed by atoms with van der Waals surface area (Å²) in [5, 5.41) is 8.83. The summed E-state index contributed by atoms with van der Waals surface area (Å²) >= 11 is 0. The third kappa shape index (κ3) is 8.98. The molecule has 23 heavy (non-hydrogen) atoms. The van der Waals surface area contributed by atoms with Crippen LogP contribution in [0.4, 0.5) is 11.4 Å². The predicted molar refractivity (Wildman–Crippen MR) is 95.6 cm³/mol. The summed E-state index contributed by atoms with van der Waals surface area (Å²) in [4.78, 5) is 23.7. The first-order valence-electron chi connectivity index (χ1n) is 8.25. The van der Waals surface area contributed by atoms with Crippen LogP contribution in [-0.2, 0) is 9.59 Å². The van der Waals surface area contributed by atoms with Gasteiger partial charge in [0.2, 0.25) is 11.8 Å². The molecule has 0 aliphatic heterocycles. The fourth-order valence-electron chi connectivity index (χ4n) is 1.98. The van der Waals surface area contributed by atoms with Crippen molar-refractivity contribution in [1.29, 1.82) is 0 Å². The molecule has 0 aliphatic rings. The van der Waals surface area contributed by atoms with E-state index in [1.807, 2.05) is 39.0 Å². The second-order valence-corrected chi connectivity index (χ2v) is 6.74. The number of rotatable bonds is 8. The maximum Gasteiger partial charge on any atom is 0.238 e. The van der Waals surface area contributed by atoms with Gasteiger partial charge in [0, 0.05) is 23.3 Å². The van der Waals surface area contributed by atoms with Crippen LogP contribution in [0.15, 0.2) is 24.3 Å². The lowest BCUT2D eigenvalue weighted by molar-refractivity contribution is -0.116. The molecule has 0 spiro atoms. The van der Waals surface area contributed by atoms with E-state index in [0.29, 0.717) is 17.8 Å². The average molecular weight is 319 g/mol. The van der Waals surface area contributed by atoms with Gasteiger partial charge >= 0.3 is 0 Å². The Morgan fingerprint density at radius 3 is 2.17 bits per heavy atom. The number of amides is 2. The van der Waals surface area contributed by atoms with Crippen molar-refractivity contribution in [3.8, 4) is 0 Å². The summed E-state index contributed by atoms with van der Waals surface area (Å²) in [5.41, 5.74) is 1.27. The molecule has 5 heteroatoms. The second kappa shape index (κ2) is 9.30. The summed E-state index contributed by atoms with van der Waals surface area (Å²) in [5.74, 6) is -0.0947. The van der Waals surface area contributed by atoms with Crippen molar-refractivity contribution in [3.05, 3.63) is 24.3 Å². The number of carbonyl (C=O) groups is 2. The Labute approximate surface area is 139 Å². The van der Waals surface area contributed by atoms with E-state index in [9.17, 15) is 9.59 Å². The van der Waals surface area contributed by atoms with E-state index in [2.05, 4.69) is 22.9 Å². The molecule has 2 amide bonds. The Bertz CT molecular complexity index is 521. The fraction of sp³-hybridized carbons (Fsp3) is 0.556. The van der Waals surface area contributed by atoms with Crippen LogP contribution in [0.1, 0.15) is 53.4 Å². The molecule has 0 radical (unpaired) electrons. The molecule has 1 rings (SSSR count). The zero-order valence-electron chi connectivity index (χ0n) is 14.7. The van der Waals surface area contributed by atoms with Crippen molar-refractivity contribution in [2.45, 2.75) is 58.9 Å². The number of benzene rings is 1. The largest absolute Gasteiger partial charge is 0.326 e.